The summed E-state index contributed by atoms with van der Waals surface area (Å²) in [6.07, 6.45) is 0. The summed E-state index contributed by atoms with van der Waals surface area (Å²) in [5.74, 6) is -1.30. The molecule has 0 aliphatic carbocycles. The van der Waals surface area contributed by atoms with E-state index in [1.165, 1.54) is 0 Å². The molecule has 4 nitrogen and oxygen atoms in total. The third-order valence-electron chi connectivity index (χ3n) is 2.74. The van der Waals surface area contributed by atoms with Crippen LogP contribution in [-0.4, -0.2) is 23.5 Å². The van der Waals surface area contributed by atoms with Crippen LogP contribution < -0.4 is 5.32 Å². The maximum atomic E-state index is 12.0. The first-order valence-corrected chi connectivity index (χ1v) is 6.79. The molecular weight excluding hydrogens is 334 g/mol. The Hall–Kier alpha value is -1.07. The minimum Gasteiger partial charge on any atom is -0.481 e. The van der Waals surface area contributed by atoms with Gasteiger partial charge in [0.15, 0.2) is 0 Å². The van der Waals surface area contributed by atoms with E-state index in [0.29, 0.717) is 10.6 Å². The Kier molecular flexibility index (Phi) is 4.98. The van der Waals surface area contributed by atoms with Gasteiger partial charge in [-0.1, -0.05) is 11.6 Å². The van der Waals surface area contributed by atoms with Crippen LogP contribution >= 0.6 is 27.5 Å². The van der Waals surface area contributed by atoms with E-state index in [1.54, 1.807) is 26.0 Å². The first-order chi connectivity index (χ1) is 8.65. The van der Waals surface area contributed by atoms with Gasteiger partial charge in [-0.3, -0.25) is 9.59 Å². The Morgan fingerprint density at radius 3 is 2.47 bits per heavy atom. The molecule has 104 valence electrons. The van der Waals surface area contributed by atoms with Crippen molar-refractivity contribution in [2.75, 3.05) is 6.54 Å². The number of hydrogen-bond acceptors (Lipinski definition) is 2. The number of aryl methyl sites for hydroxylation is 1. The molecule has 0 aliphatic heterocycles. The van der Waals surface area contributed by atoms with Crippen LogP contribution in [0.3, 0.4) is 0 Å². The molecule has 0 bridgehead atoms. The molecule has 0 spiro atoms. The van der Waals surface area contributed by atoms with Crippen LogP contribution in [0.1, 0.15) is 29.8 Å². The predicted octanol–water partition coefficient (Wildman–Crippen LogP) is 3.25. The number of rotatable bonds is 4. The van der Waals surface area contributed by atoms with Gasteiger partial charge >= 0.3 is 5.97 Å². The van der Waals surface area contributed by atoms with Gasteiger partial charge < -0.3 is 10.4 Å². The summed E-state index contributed by atoms with van der Waals surface area (Å²) in [6, 6.07) is 3.24. The van der Waals surface area contributed by atoms with E-state index in [-0.39, 0.29) is 12.5 Å². The molecule has 0 aliphatic rings. The molecule has 1 aromatic carbocycles. The molecule has 1 rings (SSSR count). The molecule has 0 unspecified atom stereocenters. The van der Waals surface area contributed by atoms with Gasteiger partial charge in [0.25, 0.3) is 5.91 Å². The standard InChI is InChI=1S/C13H15BrClNO3/c1-7-4-8(5-9(15)10(7)14)11(17)16-6-13(2,3)12(18)19/h4-5H,6H2,1-3H3,(H,16,17)(H,18,19). The highest BCUT2D eigenvalue weighted by atomic mass is 79.9. The van der Waals surface area contributed by atoms with Gasteiger partial charge in [-0.2, -0.15) is 0 Å². The van der Waals surface area contributed by atoms with E-state index in [0.717, 1.165) is 10.0 Å². The van der Waals surface area contributed by atoms with Gasteiger partial charge in [-0.25, -0.2) is 0 Å². The van der Waals surface area contributed by atoms with Crippen molar-refractivity contribution in [1.82, 2.24) is 5.32 Å². The third kappa shape index (κ3) is 3.94. The molecule has 0 aromatic heterocycles. The zero-order valence-electron chi connectivity index (χ0n) is 10.9. The van der Waals surface area contributed by atoms with E-state index >= 15 is 0 Å². The van der Waals surface area contributed by atoms with Crippen LogP contribution in [0.2, 0.25) is 5.02 Å². The van der Waals surface area contributed by atoms with Crippen molar-refractivity contribution in [1.29, 1.82) is 0 Å². The lowest BCUT2D eigenvalue weighted by molar-refractivity contribution is -0.146. The zero-order chi connectivity index (χ0) is 14.8. The Morgan fingerprint density at radius 1 is 1.42 bits per heavy atom. The number of carbonyl (C=O) groups excluding carboxylic acids is 1. The maximum Gasteiger partial charge on any atom is 0.310 e. The Bertz CT molecular complexity index is 506. The lowest BCUT2D eigenvalue weighted by Gasteiger charge is -2.19. The Labute approximate surface area is 125 Å². The topological polar surface area (TPSA) is 66.4 Å². The molecule has 0 atom stereocenters. The number of amides is 1. The summed E-state index contributed by atoms with van der Waals surface area (Å²) >= 11 is 9.29. The van der Waals surface area contributed by atoms with Crippen molar-refractivity contribution in [2.24, 2.45) is 5.41 Å². The largest absolute Gasteiger partial charge is 0.481 e. The fraction of sp³-hybridized carbons (Fsp3) is 0.385. The van der Waals surface area contributed by atoms with Crippen molar-refractivity contribution < 1.29 is 14.7 Å². The molecule has 19 heavy (non-hydrogen) atoms. The predicted molar refractivity (Wildman–Crippen MR) is 77.6 cm³/mol. The smallest absolute Gasteiger partial charge is 0.310 e. The number of carboxylic acid groups (broad SMARTS) is 1. The second-order valence-corrected chi connectivity index (χ2v) is 6.16. The highest BCUT2D eigenvalue weighted by Gasteiger charge is 2.27. The van der Waals surface area contributed by atoms with E-state index in [1.807, 2.05) is 6.92 Å². The van der Waals surface area contributed by atoms with Crippen molar-refractivity contribution in [3.05, 3.63) is 32.8 Å². The van der Waals surface area contributed by atoms with Crippen LogP contribution in [0.4, 0.5) is 0 Å². The van der Waals surface area contributed by atoms with Crippen LogP contribution in [0.15, 0.2) is 16.6 Å². The summed E-state index contributed by atoms with van der Waals surface area (Å²) in [5, 5.41) is 12.0. The van der Waals surface area contributed by atoms with E-state index in [9.17, 15) is 9.59 Å². The highest BCUT2D eigenvalue weighted by molar-refractivity contribution is 9.10. The van der Waals surface area contributed by atoms with Crippen LogP contribution in [-0.2, 0) is 4.79 Å². The third-order valence-corrected chi connectivity index (χ3v) is 4.32. The van der Waals surface area contributed by atoms with Gasteiger partial charge in [-0.15, -0.1) is 0 Å². The van der Waals surface area contributed by atoms with Gasteiger partial charge in [0, 0.05) is 16.6 Å². The van der Waals surface area contributed by atoms with Crippen molar-refractivity contribution in [2.45, 2.75) is 20.8 Å². The minimum atomic E-state index is -1.01. The van der Waals surface area contributed by atoms with Crippen LogP contribution in [0.5, 0.6) is 0 Å². The molecule has 1 amide bonds. The average molecular weight is 349 g/mol. The first-order valence-electron chi connectivity index (χ1n) is 5.62. The van der Waals surface area contributed by atoms with Gasteiger partial charge in [-0.05, 0) is 54.4 Å². The number of benzene rings is 1. The molecule has 0 saturated heterocycles. The number of hydrogen-bond donors (Lipinski definition) is 2. The second-order valence-electron chi connectivity index (χ2n) is 4.96. The second kappa shape index (κ2) is 5.92. The summed E-state index contributed by atoms with van der Waals surface area (Å²) < 4.78 is 0.747. The zero-order valence-corrected chi connectivity index (χ0v) is 13.2. The number of aliphatic carboxylic acids is 1. The maximum absolute atomic E-state index is 12.0. The molecule has 0 radical (unpaired) electrons. The SMILES string of the molecule is Cc1cc(C(=O)NCC(C)(C)C(=O)O)cc(Cl)c1Br. The summed E-state index contributed by atoms with van der Waals surface area (Å²) in [4.78, 5) is 22.9. The summed E-state index contributed by atoms with van der Waals surface area (Å²) in [5.41, 5.74) is 0.242. The van der Waals surface area contributed by atoms with E-state index < -0.39 is 11.4 Å². The monoisotopic (exact) mass is 347 g/mol. The van der Waals surface area contributed by atoms with E-state index in [4.69, 9.17) is 16.7 Å². The quantitative estimate of drug-likeness (QED) is 0.878. The molecular formula is C13H15BrClNO3. The minimum absolute atomic E-state index is 0.0495. The van der Waals surface area contributed by atoms with Crippen LogP contribution in [0.25, 0.3) is 0 Å². The van der Waals surface area contributed by atoms with Crippen molar-refractivity contribution >= 4 is 39.4 Å². The molecule has 0 saturated carbocycles. The van der Waals surface area contributed by atoms with Gasteiger partial charge in [0.2, 0.25) is 0 Å². The number of carbonyl (C=O) groups is 2. The summed E-state index contributed by atoms with van der Waals surface area (Å²) in [6.45, 7) is 4.98. The number of nitrogens with one attached hydrogen (secondary N) is 1. The lowest BCUT2D eigenvalue weighted by atomic mass is 9.94. The normalized spacial score (nSPS) is 11.2. The molecule has 2 N–H and O–H groups in total. The number of halogens is 2. The van der Waals surface area contributed by atoms with Crippen LogP contribution in [0, 0.1) is 12.3 Å². The van der Waals surface area contributed by atoms with Crippen molar-refractivity contribution in [3.63, 3.8) is 0 Å². The van der Waals surface area contributed by atoms with Gasteiger partial charge in [0.05, 0.1) is 10.4 Å². The Morgan fingerprint density at radius 2 is 2.00 bits per heavy atom. The highest BCUT2D eigenvalue weighted by Crippen LogP contribution is 2.27. The first kappa shape index (κ1) is 16.0. The lowest BCUT2D eigenvalue weighted by Crippen LogP contribution is -2.38. The number of carboxylic acids is 1. The fourth-order valence-electron chi connectivity index (χ4n) is 1.34. The molecule has 0 fully saturated rings. The fourth-order valence-corrected chi connectivity index (χ4v) is 1.83. The molecule has 0 heterocycles. The van der Waals surface area contributed by atoms with E-state index in [2.05, 4.69) is 21.2 Å². The van der Waals surface area contributed by atoms with Crippen molar-refractivity contribution in [3.8, 4) is 0 Å². The molecule has 6 heteroatoms. The van der Waals surface area contributed by atoms with Gasteiger partial charge in [0.1, 0.15) is 0 Å². The Balaban J connectivity index is 2.83. The summed E-state index contributed by atoms with van der Waals surface area (Å²) in [7, 11) is 0. The average Bonchev–Trinajstić information content (AvgIpc) is 2.32. The molecule has 1 aromatic rings.